The van der Waals surface area contributed by atoms with Gasteiger partial charge < -0.3 is 20.8 Å². The topological polar surface area (TPSA) is 114 Å². The fraction of sp³-hybridized carbons (Fsp3) is 0.190. The SMILES string of the molecule is Cc1cc(=O)oc2cc(NC(=O)C(Cc3ccccc3)NC(=O)CN)ccc12. The summed E-state index contributed by atoms with van der Waals surface area (Å²) in [6.45, 7) is 1.61. The van der Waals surface area contributed by atoms with Crippen LogP contribution in [0.25, 0.3) is 11.0 Å². The van der Waals surface area contributed by atoms with Crippen molar-refractivity contribution in [1.29, 1.82) is 0 Å². The molecule has 7 heteroatoms. The molecular formula is C21H21N3O4. The molecule has 0 aliphatic rings. The van der Waals surface area contributed by atoms with Crippen molar-refractivity contribution in [2.24, 2.45) is 5.73 Å². The van der Waals surface area contributed by atoms with E-state index in [1.807, 2.05) is 37.3 Å². The Morgan fingerprint density at radius 3 is 2.57 bits per heavy atom. The first-order valence-corrected chi connectivity index (χ1v) is 8.85. The summed E-state index contributed by atoms with van der Waals surface area (Å²) in [7, 11) is 0. The molecule has 0 saturated carbocycles. The van der Waals surface area contributed by atoms with Crippen LogP contribution in [0.3, 0.4) is 0 Å². The van der Waals surface area contributed by atoms with E-state index in [1.54, 1.807) is 18.2 Å². The fourth-order valence-electron chi connectivity index (χ4n) is 2.94. The standard InChI is InChI=1S/C21H21N3O4/c1-13-9-20(26)28-18-11-15(7-8-16(13)18)23-21(27)17(24-19(25)12-22)10-14-5-3-2-4-6-14/h2-9,11,17H,10,12,22H2,1H3,(H,23,27)(H,24,25). The summed E-state index contributed by atoms with van der Waals surface area (Å²) in [6, 6.07) is 15.1. The molecule has 0 radical (unpaired) electrons. The lowest BCUT2D eigenvalue weighted by Crippen LogP contribution is -2.47. The van der Waals surface area contributed by atoms with E-state index in [-0.39, 0.29) is 12.5 Å². The highest BCUT2D eigenvalue weighted by atomic mass is 16.4. The van der Waals surface area contributed by atoms with Gasteiger partial charge >= 0.3 is 5.63 Å². The minimum atomic E-state index is -0.793. The number of hydrogen-bond donors (Lipinski definition) is 3. The maximum absolute atomic E-state index is 12.8. The quantitative estimate of drug-likeness (QED) is 0.564. The van der Waals surface area contributed by atoms with Crippen LogP contribution in [-0.4, -0.2) is 24.4 Å². The second kappa shape index (κ2) is 8.49. The minimum absolute atomic E-state index is 0.209. The smallest absolute Gasteiger partial charge is 0.336 e. The average molecular weight is 379 g/mol. The van der Waals surface area contributed by atoms with E-state index >= 15 is 0 Å². The van der Waals surface area contributed by atoms with Crippen molar-refractivity contribution in [3.05, 3.63) is 76.1 Å². The second-order valence-corrected chi connectivity index (χ2v) is 6.46. The number of aryl methyl sites for hydroxylation is 1. The molecule has 7 nitrogen and oxygen atoms in total. The van der Waals surface area contributed by atoms with Gasteiger partial charge in [-0.25, -0.2) is 4.79 Å². The number of benzene rings is 2. The number of fused-ring (bicyclic) bond motifs is 1. The second-order valence-electron chi connectivity index (χ2n) is 6.46. The summed E-state index contributed by atoms with van der Waals surface area (Å²) in [4.78, 5) is 36.1. The molecule has 0 fully saturated rings. The number of carbonyl (C=O) groups excluding carboxylic acids is 2. The summed E-state index contributed by atoms with van der Waals surface area (Å²) in [5, 5.41) is 6.19. The van der Waals surface area contributed by atoms with Gasteiger partial charge in [-0.2, -0.15) is 0 Å². The first-order valence-electron chi connectivity index (χ1n) is 8.85. The van der Waals surface area contributed by atoms with Gasteiger partial charge in [0.15, 0.2) is 0 Å². The Morgan fingerprint density at radius 1 is 1.11 bits per heavy atom. The molecular weight excluding hydrogens is 358 g/mol. The Balaban J connectivity index is 1.83. The number of carbonyl (C=O) groups is 2. The van der Waals surface area contributed by atoms with Crippen LogP contribution in [0, 0.1) is 6.92 Å². The Hall–Kier alpha value is -3.45. The Labute approximate surface area is 161 Å². The molecule has 0 aliphatic heterocycles. The molecule has 4 N–H and O–H groups in total. The number of amides is 2. The third kappa shape index (κ3) is 4.63. The molecule has 0 aliphatic carbocycles. The van der Waals surface area contributed by atoms with E-state index < -0.39 is 17.6 Å². The number of nitrogens with two attached hydrogens (primary N) is 1. The van der Waals surface area contributed by atoms with Gasteiger partial charge in [0.05, 0.1) is 6.54 Å². The van der Waals surface area contributed by atoms with Gasteiger partial charge in [-0.3, -0.25) is 9.59 Å². The molecule has 1 aromatic heterocycles. The highest BCUT2D eigenvalue weighted by molar-refractivity contribution is 5.99. The van der Waals surface area contributed by atoms with E-state index in [2.05, 4.69) is 10.6 Å². The molecule has 28 heavy (non-hydrogen) atoms. The largest absolute Gasteiger partial charge is 0.423 e. The van der Waals surface area contributed by atoms with Crippen molar-refractivity contribution in [1.82, 2.24) is 5.32 Å². The van der Waals surface area contributed by atoms with Crippen molar-refractivity contribution in [2.45, 2.75) is 19.4 Å². The molecule has 0 bridgehead atoms. The van der Waals surface area contributed by atoms with E-state index in [9.17, 15) is 14.4 Å². The zero-order valence-corrected chi connectivity index (χ0v) is 15.4. The zero-order valence-electron chi connectivity index (χ0n) is 15.4. The first-order chi connectivity index (χ1) is 13.5. The maximum Gasteiger partial charge on any atom is 0.336 e. The zero-order chi connectivity index (χ0) is 20.1. The third-order valence-electron chi connectivity index (χ3n) is 4.34. The van der Waals surface area contributed by atoms with Crippen LogP contribution in [0.2, 0.25) is 0 Å². The summed E-state index contributed by atoms with van der Waals surface area (Å²) in [5.41, 5.74) is 7.46. The Morgan fingerprint density at radius 2 is 1.86 bits per heavy atom. The van der Waals surface area contributed by atoms with Crippen molar-refractivity contribution in [2.75, 3.05) is 11.9 Å². The summed E-state index contributed by atoms with van der Waals surface area (Å²) in [6.07, 6.45) is 0.320. The monoisotopic (exact) mass is 379 g/mol. The van der Waals surface area contributed by atoms with E-state index in [1.165, 1.54) is 6.07 Å². The average Bonchev–Trinajstić information content (AvgIpc) is 2.67. The Bertz CT molecular complexity index is 1060. The molecule has 2 amide bonds. The normalized spacial score (nSPS) is 11.8. The Kier molecular flexibility index (Phi) is 5.86. The van der Waals surface area contributed by atoms with Crippen molar-refractivity contribution in [3.8, 4) is 0 Å². The van der Waals surface area contributed by atoms with Gasteiger partial charge in [-0.15, -0.1) is 0 Å². The van der Waals surface area contributed by atoms with Crippen molar-refractivity contribution in [3.63, 3.8) is 0 Å². The lowest BCUT2D eigenvalue weighted by atomic mass is 10.0. The predicted octanol–water partition coefficient (Wildman–Crippen LogP) is 1.73. The van der Waals surface area contributed by atoms with Gasteiger partial charge in [0.25, 0.3) is 0 Å². The lowest BCUT2D eigenvalue weighted by Gasteiger charge is -2.18. The van der Waals surface area contributed by atoms with Crippen LogP contribution < -0.4 is 22.0 Å². The maximum atomic E-state index is 12.8. The fourth-order valence-corrected chi connectivity index (χ4v) is 2.94. The molecule has 3 rings (SSSR count). The summed E-state index contributed by atoms with van der Waals surface area (Å²) >= 11 is 0. The predicted molar refractivity (Wildman–Crippen MR) is 107 cm³/mol. The molecule has 144 valence electrons. The van der Waals surface area contributed by atoms with Crippen LogP contribution in [0.1, 0.15) is 11.1 Å². The van der Waals surface area contributed by atoms with E-state index in [0.29, 0.717) is 17.7 Å². The lowest BCUT2D eigenvalue weighted by molar-refractivity contribution is -0.125. The van der Waals surface area contributed by atoms with Gasteiger partial charge in [0, 0.05) is 29.6 Å². The van der Waals surface area contributed by atoms with Crippen LogP contribution in [0.4, 0.5) is 5.69 Å². The molecule has 1 unspecified atom stereocenters. The molecule has 3 aromatic rings. The molecule has 2 aromatic carbocycles. The highest BCUT2D eigenvalue weighted by Crippen LogP contribution is 2.21. The van der Waals surface area contributed by atoms with Crippen LogP contribution in [0.5, 0.6) is 0 Å². The highest BCUT2D eigenvalue weighted by Gasteiger charge is 2.21. The van der Waals surface area contributed by atoms with E-state index in [4.69, 9.17) is 10.2 Å². The van der Waals surface area contributed by atoms with E-state index in [0.717, 1.165) is 16.5 Å². The number of nitrogens with one attached hydrogen (secondary N) is 2. The number of anilines is 1. The van der Waals surface area contributed by atoms with Gasteiger partial charge in [-0.05, 0) is 30.2 Å². The van der Waals surface area contributed by atoms with Crippen LogP contribution in [-0.2, 0) is 16.0 Å². The third-order valence-corrected chi connectivity index (χ3v) is 4.34. The van der Waals surface area contributed by atoms with Crippen LogP contribution >= 0.6 is 0 Å². The van der Waals surface area contributed by atoms with Crippen molar-refractivity contribution >= 4 is 28.5 Å². The van der Waals surface area contributed by atoms with Crippen molar-refractivity contribution < 1.29 is 14.0 Å². The van der Waals surface area contributed by atoms with Gasteiger partial charge in [0.2, 0.25) is 11.8 Å². The summed E-state index contributed by atoms with van der Waals surface area (Å²) in [5.74, 6) is -0.809. The van der Waals surface area contributed by atoms with Gasteiger partial charge in [0.1, 0.15) is 11.6 Å². The molecule has 0 saturated heterocycles. The molecule has 0 spiro atoms. The van der Waals surface area contributed by atoms with Crippen LogP contribution in [0.15, 0.2) is 63.8 Å². The molecule has 1 atom stereocenters. The first kappa shape index (κ1) is 19.3. The molecule has 1 heterocycles. The number of rotatable bonds is 6. The summed E-state index contributed by atoms with van der Waals surface area (Å²) < 4.78 is 5.21. The van der Waals surface area contributed by atoms with Gasteiger partial charge in [-0.1, -0.05) is 30.3 Å². The number of hydrogen-bond acceptors (Lipinski definition) is 5. The minimum Gasteiger partial charge on any atom is -0.423 e.